The molecule has 8 heteroatoms. The monoisotopic (exact) mass is 427 g/mol. The molecule has 0 spiro atoms. The fourth-order valence-corrected chi connectivity index (χ4v) is 3.34. The predicted molar refractivity (Wildman–Crippen MR) is 117 cm³/mol. The number of carbonyl (C=O) groups excluding carboxylic acids is 1. The molecule has 1 aromatic heterocycles. The van der Waals surface area contributed by atoms with E-state index in [1.165, 1.54) is 20.3 Å². The molecule has 7 nitrogen and oxygen atoms in total. The van der Waals surface area contributed by atoms with Gasteiger partial charge >= 0.3 is 0 Å². The fourth-order valence-electron chi connectivity index (χ4n) is 3.04. The van der Waals surface area contributed by atoms with Crippen molar-refractivity contribution < 1.29 is 14.3 Å². The number of amides is 1. The van der Waals surface area contributed by atoms with Crippen LogP contribution < -0.4 is 15.0 Å². The van der Waals surface area contributed by atoms with Gasteiger partial charge in [-0.3, -0.25) is 9.59 Å². The quantitative estimate of drug-likeness (QED) is 0.582. The number of halogens is 1. The van der Waals surface area contributed by atoms with Gasteiger partial charge in [-0.05, 0) is 42.8 Å². The number of aromatic amines is 1. The Balaban J connectivity index is 1.80. The van der Waals surface area contributed by atoms with Crippen LogP contribution >= 0.6 is 11.6 Å². The van der Waals surface area contributed by atoms with Crippen LogP contribution in [0.3, 0.4) is 0 Å². The summed E-state index contributed by atoms with van der Waals surface area (Å²) in [6, 6.07) is 10.5. The molecule has 0 saturated carbocycles. The van der Waals surface area contributed by atoms with Gasteiger partial charge < -0.3 is 19.4 Å². The molecule has 0 unspecified atom stereocenters. The molecule has 2 aromatic carbocycles. The lowest BCUT2D eigenvalue weighted by Gasteiger charge is -2.18. The lowest BCUT2D eigenvalue weighted by atomic mass is 10.2. The zero-order chi connectivity index (χ0) is 21.7. The van der Waals surface area contributed by atoms with Gasteiger partial charge in [-0.15, -0.1) is 0 Å². The Labute approximate surface area is 178 Å². The number of fused-ring (bicyclic) bond motifs is 1. The summed E-state index contributed by atoms with van der Waals surface area (Å²) in [4.78, 5) is 33.7. The molecule has 3 aromatic rings. The number of likely N-dealkylation sites (N-methyl/N-ethyl adjacent to an activating group) is 1. The number of hydrogen-bond donors (Lipinski definition) is 1. The molecule has 0 radical (unpaired) electrons. The number of aromatic nitrogens is 2. The molecule has 30 heavy (non-hydrogen) atoms. The summed E-state index contributed by atoms with van der Waals surface area (Å²) in [6.45, 7) is 2.50. The van der Waals surface area contributed by atoms with Crippen molar-refractivity contribution in [2.75, 3.05) is 20.8 Å². The van der Waals surface area contributed by atoms with E-state index in [4.69, 9.17) is 21.1 Å². The molecule has 0 aliphatic heterocycles. The van der Waals surface area contributed by atoms with Gasteiger partial charge in [0.1, 0.15) is 5.82 Å². The molecule has 0 saturated heterocycles. The van der Waals surface area contributed by atoms with Crippen molar-refractivity contribution in [3.05, 3.63) is 69.2 Å². The molecule has 0 aliphatic rings. The highest BCUT2D eigenvalue weighted by Gasteiger charge is 2.13. The van der Waals surface area contributed by atoms with Crippen LogP contribution in [0.5, 0.6) is 11.5 Å². The average Bonchev–Trinajstić information content (AvgIpc) is 2.75. The van der Waals surface area contributed by atoms with Gasteiger partial charge in [-0.1, -0.05) is 23.7 Å². The first-order valence-electron chi connectivity index (χ1n) is 9.33. The Morgan fingerprint density at radius 2 is 2.00 bits per heavy atom. The van der Waals surface area contributed by atoms with Crippen molar-refractivity contribution in [1.82, 2.24) is 14.9 Å². The summed E-state index contributed by atoms with van der Waals surface area (Å²) in [6.07, 6.45) is 3.09. The average molecular weight is 428 g/mol. The predicted octanol–water partition coefficient (Wildman–Crippen LogP) is 3.66. The van der Waals surface area contributed by atoms with E-state index < -0.39 is 0 Å². The third kappa shape index (κ3) is 4.63. The molecular weight excluding hydrogens is 406 g/mol. The number of hydrogen-bond acceptors (Lipinski definition) is 5. The number of ether oxygens (including phenoxy) is 2. The van der Waals surface area contributed by atoms with Crippen molar-refractivity contribution in [3.8, 4) is 11.5 Å². The summed E-state index contributed by atoms with van der Waals surface area (Å²) in [7, 11) is 3.02. The Morgan fingerprint density at radius 3 is 2.70 bits per heavy atom. The van der Waals surface area contributed by atoms with E-state index in [1.54, 1.807) is 41.3 Å². The van der Waals surface area contributed by atoms with Crippen LogP contribution in [0.2, 0.25) is 5.02 Å². The van der Waals surface area contributed by atoms with Crippen molar-refractivity contribution in [1.29, 1.82) is 0 Å². The summed E-state index contributed by atoms with van der Waals surface area (Å²) < 4.78 is 10.5. The summed E-state index contributed by atoms with van der Waals surface area (Å²) >= 11 is 6.21. The maximum Gasteiger partial charge on any atom is 0.258 e. The molecule has 1 N–H and O–H groups in total. The van der Waals surface area contributed by atoms with Crippen LogP contribution in [0.1, 0.15) is 18.3 Å². The van der Waals surface area contributed by atoms with E-state index >= 15 is 0 Å². The third-order valence-corrected chi connectivity index (χ3v) is 4.85. The number of rotatable bonds is 7. The van der Waals surface area contributed by atoms with Gasteiger partial charge in [0.15, 0.2) is 11.5 Å². The number of nitrogens with zero attached hydrogens (tertiary/aromatic N) is 2. The Kier molecular flexibility index (Phi) is 6.74. The SMILES string of the molecule is CCN(Cc1nc2ccccc2c(=O)[nH]1)C(=O)/C=C/c1cc(Cl)c(OC)c(OC)c1. The number of carbonyl (C=O) groups is 1. The molecule has 0 fully saturated rings. The fraction of sp³-hybridized carbons (Fsp3) is 0.227. The van der Waals surface area contributed by atoms with Crippen molar-refractivity contribution in [2.45, 2.75) is 13.5 Å². The highest BCUT2D eigenvalue weighted by atomic mass is 35.5. The maximum atomic E-state index is 12.7. The third-order valence-electron chi connectivity index (χ3n) is 4.57. The zero-order valence-corrected chi connectivity index (χ0v) is 17.7. The van der Waals surface area contributed by atoms with E-state index in [2.05, 4.69) is 9.97 Å². The van der Waals surface area contributed by atoms with Crippen molar-refractivity contribution in [3.63, 3.8) is 0 Å². The van der Waals surface area contributed by atoms with Crippen LogP contribution in [0.15, 0.2) is 47.3 Å². The van der Waals surface area contributed by atoms with Gasteiger partial charge in [0.2, 0.25) is 5.91 Å². The van der Waals surface area contributed by atoms with Crippen LogP contribution in [0, 0.1) is 0 Å². The van der Waals surface area contributed by atoms with Crippen LogP contribution in [-0.2, 0) is 11.3 Å². The summed E-state index contributed by atoms with van der Waals surface area (Å²) in [5, 5.41) is 0.898. The van der Waals surface area contributed by atoms with Gasteiger partial charge in [0.05, 0.1) is 36.7 Å². The standard InChI is InChI=1S/C22H22ClN3O4/c1-4-26(13-19-24-17-8-6-5-7-15(17)22(28)25-19)20(27)10-9-14-11-16(23)21(30-3)18(12-14)29-2/h5-12H,4,13H2,1-3H3,(H,24,25,28)/b10-9+. The van der Waals surface area contributed by atoms with E-state index in [-0.39, 0.29) is 18.0 Å². The number of para-hydroxylation sites is 1. The maximum absolute atomic E-state index is 12.7. The Hall–Kier alpha value is -3.32. The topological polar surface area (TPSA) is 84.5 Å². The molecule has 3 rings (SSSR count). The highest BCUT2D eigenvalue weighted by Crippen LogP contribution is 2.36. The summed E-state index contributed by atoms with van der Waals surface area (Å²) in [5.41, 5.74) is 1.06. The normalized spacial score (nSPS) is 11.1. The molecular formula is C22H22ClN3O4. The number of methoxy groups -OCH3 is 2. The zero-order valence-electron chi connectivity index (χ0n) is 16.9. The minimum Gasteiger partial charge on any atom is -0.493 e. The number of H-pyrrole nitrogens is 1. The Morgan fingerprint density at radius 1 is 1.23 bits per heavy atom. The van der Waals surface area contributed by atoms with Gasteiger partial charge in [0, 0.05) is 12.6 Å². The molecule has 0 atom stereocenters. The minimum absolute atomic E-state index is 0.187. The molecule has 0 bridgehead atoms. The second-order valence-electron chi connectivity index (χ2n) is 6.45. The van der Waals surface area contributed by atoms with Crippen molar-refractivity contribution >= 4 is 34.5 Å². The molecule has 1 amide bonds. The Bertz CT molecular complexity index is 1160. The van der Waals surface area contributed by atoms with E-state index in [1.807, 2.05) is 13.0 Å². The first kappa shape index (κ1) is 21.4. The van der Waals surface area contributed by atoms with E-state index in [0.717, 1.165) is 0 Å². The van der Waals surface area contributed by atoms with E-state index in [9.17, 15) is 9.59 Å². The molecule has 1 heterocycles. The van der Waals surface area contributed by atoms with Gasteiger partial charge in [-0.25, -0.2) is 4.98 Å². The van der Waals surface area contributed by atoms with Gasteiger partial charge in [-0.2, -0.15) is 0 Å². The number of nitrogens with one attached hydrogen (secondary N) is 1. The second-order valence-corrected chi connectivity index (χ2v) is 6.86. The van der Waals surface area contributed by atoms with Crippen molar-refractivity contribution in [2.24, 2.45) is 0 Å². The van der Waals surface area contributed by atoms with Crippen LogP contribution in [-0.4, -0.2) is 41.5 Å². The van der Waals surface area contributed by atoms with Crippen LogP contribution in [0.4, 0.5) is 0 Å². The number of benzene rings is 2. The first-order chi connectivity index (χ1) is 14.5. The molecule has 156 valence electrons. The first-order valence-corrected chi connectivity index (χ1v) is 9.71. The lowest BCUT2D eigenvalue weighted by molar-refractivity contribution is -0.126. The van der Waals surface area contributed by atoms with E-state index in [0.29, 0.717) is 45.4 Å². The smallest absolute Gasteiger partial charge is 0.258 e. The van der Waals surface area contributed by atoms with Gasteiger partial charge in [0.25, 0.3) is 5.56 Å². The second kappa shape index (κ2) is 9.45. The summed E-state index contributed by atoms with van der Waals surface area (Å²) in [5.74, 6) is 1.11. The minimum atomic E-state index is -0.227. The lowest BCUT2D eigenvalue weighted by Crippen LogP contribution is -2.30. The highest BCUT2D eigenvalue weighted by molar-refractivity contribution is 6.32. The largest absolute Gasteiger partial charge is 0.493 e. The molecule has 0 aliphatic carbocycles. The van der Waals surface area contributed by atoms with Crippen LogP contribution in [0.25, 0.3) is 17.0 Å².